The molecule has 2 N–H and O–H groups in total. The molecule has 0 rings (SSSR count). The molecule has 2 atom stereocenters. The standard InChI is InChI=1S/C11H6F18O4.CH4O.Rh/c1-4(14,15)2(12)31-8(22,23)6(18,19)10(26,27)33-11(28,29)7(20,21)9(24,25)32-3(13)5(16,17)30;1-2;/h2-3,30H,1H3;2H,1H3;. The van der Waals surface area contributed by atoms with E-state index in [-0.39, 0.29) is 19.5 Å². The molecule has 0 saturated carbocycles. The van der Waals surface area contributed by atoms with Crippen LogP contribution in [0.15, 0.2) is 0 Å². The molecule has 24 heteroatoms. The largest absolute Gasteiger partial charge is 0.433 e. The van der Waals surface area contributed by atoms with Crippen LogP contribution < -0.4 is 0 Å². The third-order valence-electron chi connectivity index (χ3n) is 2.89. The van der Waals surface area contributed by atoms with Gasteiger partial charge in [-0.3, -0.25) is 9.47 Å². The Morgan fingerprint density at radius 2 is 0.778 bits per heavy atom. The smallest absolute Gasteiger partial charge is 0.400 e. The molecule has 0 aromatic heterocycles. The van der Waals surface area contributed by atoms with Gasteiger partial charge in [0.15, 0.2) is 0 Å². The van der Waals surface area contributed by atoms with E-state index < -0.39 is 67.9 Å². The van der Waals surface area contributed by atoms with E-state index in [1.54, 1.807) is 4.74 Å². The number of aliphatic hydroxyl groups excluding tert-OH is 1. The number of halogens is 18. The van der Waals surface area contributed by atoms with Crippen LogP contribution in [0.5, 0.6) is 0 Å². The van der Waals surface area contributed by atoms with Crippen molar-refractivity contribution in [3.63, 3.8) is 0 Å². The van der Waals surface area contributed by atoms with Crippen molar-refractivity contribution in [2.24, 2.45) is 0 Å². The number of alkyl halides is 18. The quantitative estimate of drug-likeness (QED) is 0.222. The van der Waals surface area contributed by atoms with Gasteiger partial charge in [-0.25, -0.2) is 22.3 Å². The number of rotatable bonds is 12. The summed E-state index contributed by atoms with van der Waals surface area (Å²) in [7, 11) is 1.00. The molecule has 2 unspecified atom stereocenters. The third-order valence-corrected chi connectivity index (χ3v) is 2.89. The van der Waals surface area contributed by atoms with Gasteiger partial charge in [0.1, 0.15) is 0 Å². The predicted molar refractivity (Wildman–Crippen MR) is 68.7 cm³/mol. The molecule has 0 saturated heterocycles. The van der Waals surface area contributed by atoms with Crippen molar-refractivity contribution in [1.29, 1.82) is 0 Å². The van der Waals surface area contributed by atoms with E-state index in [2.05, 4.69) is 0 Å². The minimum atomic E-state index is -7.87. The molecular formula is C12H10F18O5Rh. The first-order valence-electron chi connectivity index (χ1n) is 7.50. The molecule has 36 heavy (non-hydrogen) atoms. The Morgan fingerprint density at radius 1 is 0.528 bits per heavy atom. The van der Waals surface area contributed by atoms with Crippen molar-refractivity contribution in [3.8, 4) is 0 Å². The average Bonchev–Trinajstić information content (AvgIpc) is 2.59. The molecule has 5 nitrogen and oxygen atoms in total. The summed E-state index contributed by atoms with van der Waals surface area (Å²) in [5, 5.41) is 14.6. The fourth-order valence-electron chi connectivity index (χ4n) is 1.21. The van der Waals surface area contributed by atoms with Crippen molar-refractivity contribution in [3.05, 3.63) is 0 Å². The number of ether oxygens (including phenoxy) is 3. The zero-order valence-electron chi connectivity index (χ0n) is 16.4. The number of hydrogen-bond donors (Lipinski definition) is 2. The summed E-state index contributed by atoms with van der Waals surface area (Å²) in [5.41, 5.74) is 0. The van der Waals surface area contributed by atoms with E-state index in [9.17, 15) is 79.0 Å². The van der Waals surface area contributed by atoms with Gasteiger partial charge in [0.05, 0.1) is 0 Å². The van der Waals surface area contributed by atoms with E-state index in [0.717, 1.165) is 7.11 Å². The first-order chi connectivity index (χ1) is 15.0. The van der Waals surface area contributed by atoms with Gasteiger partial charge in [-0.2, -0.15) is 61.5 Å². The first kappa shape index (κ1) is 39.7. The number of hydrogen-bond acceptors (Lipinski definition) is 5. The van der Waals surface area contributed by atoms with Gasteiger partial charge in [0.25, 0.3) is 18.6 Å². The van der Waals surface area contributed by atoms with Gasteiger partial charge in [-0.05, 0) is 0 Å². The van der Waals surface area contributed by atoms with Crippen LogP contribution in [0, 0.1) is 0 Å². The third kappa shape index (κ3) is 8.60. The van der Waals surface area contributed by atoms with Gasteiger partial charge in [-0.15, -0.1) is 0 Å². The van der Waals surface area contributed by atoms with Crippen LogP contribution in [-0.2, 0) is 33.7 Å². The van der Waals surface area contributed by atoms with E-state index in [0.29, 0.717) is 0 Å². The molecule has 0 aromatic rings. The van der Waals surface area contributed by atoms with Crippen LogP contribution >= 0.6 is 0 Å². The topological polar surface area (TPSA) is 68.2 Å². The molecule has 0 aromatic carbocycles. The van der Waals surface area contributed by atoms with E-state index in [1.807, 2.05) is 4.74 Å². The molecular weight excluding hydrogens is 669 g/mol. The first-order valence-corrected chi connectivity index (χ1v) is 7.50. The van der Waals surface area contributed by atoms with Crippen molar-refractivity contribution >= 4 is 0 Å². The van der Waals surface area contributed by atoms with Crippen molar-refractivity contribution in [2.75, 3.05) is 7.11 Å². The summed E-state index contributed by atoms with van der Waals surface area (Å²) in [6.45, 7) is -0.647. The second-order valence-corrected chi connectivity index (χ2v) is 5.73. The molecule has 0 amide bonds. The van der Waals surface area contributed by atoms with Crippen LogP contribution in [0.1, 0.15) is 6.92 Å². The average molecular weight is 679 g/mol. The zero-order chi connectivity index (χ0) is 29.3. The fraction of sp³-hybridized carbons (Fsp3) is 1.00. The zero-order valence-corrected chi connectivity index (χ0v) is 18.0. The molecule has 0 aliphatic rings. The molecule has 0 aliphatic heterocycles. The second-order valence-electron chi connectivity index (χ2n) is 5.73. The summed E-state index contributed by atoms with van der Waals surface area (Å²) in [5.74, 6) is -20.8. The molecule has 0 fully saturated rings. The Bertz CT molecular complexity index is 622. The van der Waals surface area contributed by atoms with Crippen molar-refractivity contribution in [1.82, 2.24) is 0 Å². The van der Waals surface area contributed by atoms with E-state index in [1.165, 1.54) is 4.74 Å². The van der Waals surface area contributed by atoms with Crippen molar-refractivity contribution < 1.29 is 123 Å². The second kappa shape index (κ2) is 11.9. The molecule has 0 bridgehead atoms. The Hall–Kier alpha value is -0.837. The summed E-state index contributed by atoms with van der Waals surface area (Å²) >= 11 is 0. The summed E-state index contributed by atoms with van der Waals surface area (Å²) in [6, 6.07) is 0. The summed E-state index contributed by atoms with van der Waals surface area (Å²) < 4.78 is 236. The molecule has 0 aliphatic carbocycles. The number of aliphatic hydroxyl groups is 2. The Balaban J connectivity index is -0.00000353. The van der Waals surface area contributed by atoms with E-state index >= 15 is 0 Å². The predicted octanol–water partition coefficient (Wildman–Crippen LogP) is 5.12. The maximum absolute atomic E-state index is 13.2. The van der Waals surface area contributed by atoms with Gasteiger partial charge >= 0.3 is 42.4 Å². The fourth-order valence-corrected chi connectivity index (χ4v) is 1.21. The SMILES string of the molecule is CC(F)(F)C(F)OC(F)(F)C(F)(F)C(F)(F)OC(F)(F)C(F)(F)C(F)(F)OC(F)C(O)(F)F.CO.[Rh]. The van der Waals surface area contributed by atoms with Crippen LogP contribution in [0.2, 0.25) is 0 Å². The Labute approximate surface area is 199 Å². The molecule has 0 heterocycles. The van der Waals surface area contributed by atoms with Gasteiger partial charge in [0.2, 0.25) is 0 Å². The minimum absolute atomic E-state index is 0. The van der Waals surface area contributed by atoms with Crippen LogP contribution in [0.25, 0.3) is 0 Å². The summed E-state index contributed by atoms with van der Waals surface area (Å²) in [4.78, 5) is 0. The van der Waals surface area contributed by atoms with Gasteiger partial charge < -0.3 is 10.2 Å². The molecule has 1 radical (unpaired) electrons. The minimum Gasteiger partial charge on any atom is -0.400 e. The van der Waals surface area contributed by atoms with Gasteiger partial charge in [-0.1, -0.05) is 0 Å². The van der Waals surface area contributed by atoms with Crippen LogP contribution in [0.4, 0.5) is 79.0 Å². The summed E-state index contributed by atoms with van der Waals surface area (Å²) in [6.07, 6.45) is -46.6. The normalized spacial score (nSPS) is 16.5. The Morgan fingerprint density at radius 3 is 1.00 bits per heavy atom. The van der Waals surface area contributed by atoms with Gasteiger partial charge in [0, 0.05) is 33.5 Å². The van der Waals surface area contributed by atoms with E-state index in [4.69, 9.17) is 10.2 Å². The van der Waals surface area contributed by atoms with Crippen LogP contribution in [0.3, 0.4) is 0 Å². The Kier molecular flexibility index (Phi) is 13.1. The van der Waals surface area contributed by atoms with Crippen LogP contribution in [-0.4, -0.2) is 78.3 Å². The maximum atomic E-state index is 13.2. The monoisotopic (exact) mass is 679 g/mol. The molecule has 223 valence electrons. The molecule has 0 spiro atoms. The van der Waals surface area contributed by atoms with Crippen molar-refractivity contribution in [2.45, 2.75) is 67.9 Å². The maximum Gasteiger partial charge on any atom is 0.433 e.